The van der Waals surface area contributed by atoms with Gasteiger partial charge < -0.3 is 9.64 Å². The number of aromatic nitrogens is 2. The van der Waals surface area contributed by atoms with Crippen molar-refractivity contribution >= 4 is 5.91 Å². The van der Waals surface area contributed by atoms with Gasteiger partial charge in [-0.05, 0) is 49.9 Å². The number of nitrogens with zero attached hydrogens (tertiary/aromatic N) is 3. The molecule has 2 heterocycles. The maximum Gasteiger partial charge on any atom is 0.420 e. The molecular weight excluding hydrogens is 481 g/mol. The van der Waals surface area contributed by atoms with Crippen LogP contribution in [0.25, 0.3) is 11.3 Å². The van der Waals surface area contributed by atoms with Crippen molar-refractivity contribution in [3.05, 3.63) is 71.4 Å². The summed E-state index contributed by atoms with van der Waals surface area (Å²) in [6.07, 6.45) is -1.22. The Morgan fingerprint density at radius 3 is 2.36 bits per heavy atom. The van der Waals surface area contributed by atoms with Gasteiger partial charge in [0.2, 0.25) is 0 Å². The summed E-state index contributed by atoms with van der Waals surface area (Å²) in [4.78, 5) is 14.6. The molecule has 1 spiro atoms. The fourth-order valence-electron chi connectivity index (χ4n) is 5.38. The predicted octanol–water partition coefficient (Wildman–Crippen LogP) is 5.87. The number of alkyl halides is 3. The first-order valence-corrected chi connectivity index (χ1v) is 11.8. The van der Waals surface area contributed by atoms with Crippen LogP contribution in [0.5, 0.6) is 5.75 Å². The molecule has 36 heavy (non-hydrogen) atoms. The first-order valence-electron chi connectivity index (χ1n) is 11.8. The molecule has 188 valence electrons. The molecule has 5 nitrogen and oxygen atoms in total. The summed E-state index contributed by atoms with van der Waals surface area (Å²) in [6, 6.07) is 9.28. The maximum absolute atomic E-state index is 14.5. The smallest absolute Gasteiger partial charge is 0.420 e. The van der Waals surface area contributed by atoms with Crippen molar-refractivity contribution in [1.29, 1.82) is 0 Å². The lowest BCUT2D eigenvalue weighted by Gasteiger charge is -2.59. The molecule has 1 aromatic heterocycles. The third-order valence-corrected chi connectivity index (χ3v) is 7.26. The van der Waals surface area contributed by atoms with Gasteiger partial charge in [-0.3, -0.25) is 9.48 Å². The Hall–Kier alpha value is -3.43. The molecule has 2 saturated carbocycles. The molecule has 1 amide bonds. The lowest BCUT2D eigenvalue weighted by Crippen LogP contribution is -2.64. The Bertz CT molecular complexity index is 1330. The highest BCUT2D eigenvalue weighted by Gasteiger charge is 2.55. The van der Waals surface area contributed by atoms with Gasteiger partial charge in [-0.2, -0.15) is 18.3 Å². The molecule has 0 N–H and O–H groups in total. The zero-order chi connectivity index (χ0) is 25.2. The van der Waals surface area contributed by atoms with E-state index in [1.165, 1.54) is 39.9 Å². The van der Waals surface area contributed by atoms with Gasteiger partial charge in [-0.15, -0.1) is 0 Å². The molecule has 3 fully saturated rings. The van der Waals surface area contributed by atoms with E-state index in [0.717, 1.165) is 25.1 Å². The van der Waals surface area contributed by atoms with E-state index >= 15 is 0 Å². The van der Waals surface area contributed by atoms with Crippen molar-refractivity contribution in [1.82, 2.24) is 14.7 Å². The SMILES string of the molecule is O=C(c1c(F)cccc1OC1CC1)N1CC2(CC(n3ncc(C(F)(F)F)c3-c3ccccc3F)C2)C1. The molecule has 6 rings (SSSR count). The fourth-order valence-corrected chi connectivity index (χ4v) is 5.38. The molecule has 2 aromatic carbocycles. The number of benzene rings is 2. The Balaban J connectivity index is 1.19. The maximum atomic E-state index is 14.5. The summed E-state index contributed by atoms with van der Waals surface area (Å²) in [5, 5.41) is 3.99. The van der Waals surface area contributed by atoms with Crippen LogP contribution in [-0.4, -0.2) is 39.8 Å². The Kier molecular flexibility index (Phi) is 5.14. The monoisotopic (exact) mass is 503 g/mol. The second-order valence-corrected chi connectivity index (χ2v) is 9.98. The van der Waals surface area contributed by atoms with Gasteiger partial charge in [-0.25, -0.2) is 8.78 Å². The van der Waals surface area contributed by atoms with Crippen LogP contribution < -0.4 is 4.74 Å². The number of hydrogen-bond donors (Lipinski definition) is 0. The zero-order valence-corrected chi connectivity index (χ0v) is 19.1. The minimum atomic E-state index is -4.68. The summed E-state index contributed by atoms with van der Waals surface area (Å²) in [7, 11) is 0. The summed E-state index contributed by atoms with van der Waals surface area (Å²) in [5.41, 5.74) is -1.79. The Morgan fingerprint density at radius 2 is 1.69 bits per heavy atom. The van der Waals surface area contributed by atoms with Crippen molar-refractivity contribution in [3.8, 4) is 17.0 Å². The first kappa shape index (κ1) is 23.0. The highest BCUT2D eigenvalue weighted by molar-refractivity contribution is 5.97. The third-order valence-electron chi connectivity index (χ3n) is 7.26. The molecular formula is C26H22F5N3O2. The van der Waals surface area contributed by atoms with Crippen LogP contribution >= 0.6 is 0 Å². The van der Waals surface area contributed by atoms with E-state index in [1.807, 2.05) is 0 Å². The molecule has 0 radical (unpaired) electrons. The summed E-state index contributed by atoms with van der Waals surface area (Å²) >= 11 is 0. The van der Waals surface area contributed by atoms with Crippen molar-refractivity contribution in [2.45, 2.75) is 44.0 Å². The van der Waals surface area contributed by atoms with Gasteiger partial charge in [0, 0.05) is 24.1 Å². The largest absolute Gasteiger partial charge is 0.489 e. The molecule has 0 unspecified atom stereocenters. The number of likely N-dealkylation sites (tertiary alicyclic amines) is 1. The standard InChI is InChI=1S/C26H22F5N3O2/c27-19-5-2-1-4-17(19)23-18(26(29,30)31)12-32-34(23)15-10-25(11-15)13-33(14-25)24(35)22-20(28)6-3-7-21(22)36-16-8-9-16/h1-7,12,15-16H,8-11,13-14H2. The Labute approximate surface area is 203 Å². The van der Waals surface area contributed by atoms with Crippen LogP contribution in [0.3, 0.4) is 0 Å². The van der Waals surface area contributed by atoms with Crippen molar-refractivity contribution < 1.29 is 31.5 Å². The fraction of sp³-hybridized carbons (Fsp3) is 0.385. The highest BCUT2D eigenvalue weighted by atomic mass is 19.4. The van der Waals surface area contributed by atoms with Gasteiger partial charge in [0.1, 0.15) is 28.5 Å². The van der Waals surface area contributed by atoms with E-state index < -0.39 is 29.3 Å². The quantitative estimate of drug-likeness (QED) is 0.410. The van der Waals surface area contributed by atoms with Gasteiger partial charge in [0.05, 0.1) is 24.0 Å². The Morgan fingerprint density at radius 1 is 1.00 bits per heavy atom. The number of carbonyl (C=O) groups excluding carboxylic acids is 1. The summed E-state index contributed by atoms with van der Waals surface area (Å²) in [5.74, 6) is -1.62. The average molecular weight is 503 g/mol. The van der Waals surface area contributed by atoms with E-state index in [1.54, 1.807) is 6.07 Å². The molecule has 0 atom stereocenters. The predicted molar refractivity (Wildman–Crippen MR) is 119 cm³/mol. The van der Waals surface area contributed by atoms with Crippen LogP contribution in [0.2, 0.25) is 0 Å². The molecule has 0 bridgehead atoms. The minimum Gasteiger partial charge on any atom is -0.489 e. The number of carbonyl (C=O) groups is 1. The van der Waals surface area contributed by atoms with E-state index in [4.69, 9.17) is 4.74 Å². The molecule has 10 heteroatoms. The lowest BCUT2D eigenvalue weighted by molar-refractivity contribution is -0.137. The van der Waals surface area contributed by atoms with Crippen LogP contribution in [0.1, 0.15) is 47.6 Å². The van der Waals surface area contributed by atoms with E-state index in [0.29, 0.717) is 25.9 Å². The van der Waals surface area contributed by atoms with Gasteiger partial charge in [0.15, 0.2) is 0 Å². The average Bonchev–Trinajstić information content (AvgIpc) is 3.46. The first-order chi connectivity index (χ1) is 17.2. The van der Waals surface area contributed by atoms with Gasteiger partial charge >= 0.3 is 6.18 Å². The number of halogens is 5. The lowest BCUT2D eigenvalue weighted by atomic mass is 9.60. The van der Waals surface area contributed by atoms with Crippen molar-refractivity contribution in [3.63, 3.8) is 0 Å². The van der Waals surface area contributed by atoms with E-state index in [2.05, 4.69) is 5.10 Å². The topological polar surface area (TPSA) is 47.4 Å². The number of hydrogen-bond acceptors (Lipinski definition) is 3. The molecule has 3 aromatic rings. The minimum absolute atomic E-state index is 0.00720. The zero-order valence-electron chi connectivity index (χ0n) is 19.1. The van der Waals surface area contributed by atoms with Crippen LogP contribution in [0.4, 0.5) is 22.0 Å². The van der Waals surface area contributed by atoms with Gasteiger partial charge in [-0.1, -0.05) is 18.2 Å². The van der Waals surface area contributed by atoms with Crippen molar-refractivity contribution in [2.24, 2.45) is 5.41 Å². The number of amides is 1. The molecule has 1 aliphatic heterocycles. The van der Waals surface area contributed by atoms with Crippen LogP contribution in [-0.2, 0) is 6.18 Å². The number of ether oxygens (including phenoxy) is 1. The second-order valence-electron chi connectivity index (χ2n) is 9.98. The van der Waals surface area contributed by atoms with Gasteiger partial charge in [0.25, 0.3) is 5.91 Å². The third kappa shape index (κ3) is 3.83. The van der Waals surface area contributed by atoms with E-state index in [9.17, 15) is 26.7 Å². The molecule has 1 saturated heterocycles. The normalized spacial score (nSPS) is 19.2. The number of rotatable bonds is 5. The summed E-state index contributed by atoms with van der Waals surface area (Å²) in [6.45, 7) is 0.726. The molecule has 2 aliphatic carbocycles. The van der Waals surface area contributed by atoms with Crippen LogP contribution in [0, 0.1) is 17.0 Å². The van der Waals surface area contributed by atoms with E-state index in [-0.39, 0.29) is 40.1 Å². The summed E-state index contributed by atoms with van der Waals surface area (Å²) < 4.78 is 77.0. The van der Waals surface area contributed by atoms with Crippen LogP contribution in [0.15, 0.2) is 48.7 Å². The van der Waals surface area contributed by atoms with Crippen molar-refractivity contribution in [2.75, 3.05) is 13.1 Å². The highest BCUT2D eigenvalue weighted by Crippen LogP contribution is 2.56. The second kappa shape index (κ2) is 8.04. The molecule has 3 aliphatic rings.